The fraction of sp³-hybridized carbons (Fsp3) is 0.310. The van der Waals surface area contributed by atoms with Crippen LogP contribution in [0.15, 0.2) is 72.8 Å². The lowest BCUT2D eigenvalue weighted by Gasteiger charge is -2.34. The van der Waals surface area contributed by atoms with E-state index in [2.05, 4.69) is 5.32 Å². The number of likely N-dealkylation sites (N-methyl/N-ethyl adjacent to an activating group) is 1. The Hall–Kier alpha value is -3.07. The highest BCUT2D eigenvalue weighted by atomic mass is 35.5. The number of hydrogen-bond acceptors (Lipinski definition) is 4. The predicted molar refractivity (Wildman–Crippen MR) is 158 cm³/mol. The fourth-order valence-corrected chi connectivity index (χ4v) is 5.68. The van der Waals surface area contributed by atoms with Crippen molar-refractivity contribution in [1.29, 1.82) is 0 Å². The molecule has 0 bridgehead atoms. The number of amides is 2. The van der Waals surface area contributed by atoms with E-state index in [1.807, 2.05) is 49.4 Å². The summed E-state index contributed by atoms with van der Waals surface area (Å²) in [7, 11) is -3.84. The van der Waals surface area contributed by atoms with Gasteiger partial charge in [-0.1, -0.05) is 84.7 Å². The Morgan fingerprint density at radius 3 is 2.21 bits per heavy atom. The summed E-state index contributed by atoms with van der Waals surface area (Å²) >= 11 is 12.6. The molecule has 1 N–H and O–H groups in total. The summed E-state index contributed by atoms with van der Waals surface area (Å²) in [6.45, 7) is 3.59. The van der Waals surface area contributed by atoms with Crippen LogP contribution in [0, 0.1) is 0 Å². The highest BCUT2D eigenvalue weighted by molar-refractivity contribution is 7.92. The molecule has 2 amide bonds. The van der Waals surface area contributed by atoms with Gasteiger partial charge in [-0.25, -0.2) is 8.42 Å². The second kappa shape index (κ2) is 13.8. The van der Waals surface area contributed by atoms with Crippen LogP contribution in [0.25, 0.3) is 0 Å². The number of nitrogens with zero attached hydrogens (tertiary/aromatic N) is 2. The number of para-hydroxylation sites is 1. The Labute approximate surface area is 240 Å². The third-order valence-electron chi connectivity index (χ3n) is 6.30. The van der Waals surface area contributed by atoms with Gasteiger partial charge >= 0.3 is 0 Å². The van der Waals surface area contributed by atoms with E-state index in [9.17, 15) is 18.0 Å². The maximum absolute atomic E-state index is 14.1. The Morgan fingerprint density at radius 1 is 0.923 bits per heavy atom. The number of sulfonamides is 1. The molecule has 10 heteroatoms. The maximum Gasteiger partial charge on any atom is 0.244 e. The number of nitrogens with one attached hydrogen (secondary N) is 1. The second-order valence-electron chi connectivity index (χ2n) is 9.11. The van der Waals surface area contributed by atoms with E-state index in [0.717, 1.165) is 21.7 Å². The van der Waals surface area contributed by atoms with Crippen molar-refractivity contribution in [3.63, 3.8) is 0 Å². The van der Waals surface area contributed by atoms with Crippen molar-refractivity contribution >= 4 is 50.7 Å². The molecule has 0 unspecified atom stereocenters. The number of aryl methyl sites for hydroxylation is 1. The van der Waals surface area contributed by atoms with Crippen molar-refractivity contribution in [1.82, 2.24) is 10.2 Å². The molecule has 0 aliphatic heterocycles. The van der Waals surface area contributed by atoms with Crippen molar-refractivity contribution in [3.05, 3.63) is 99.5 Å². The first-order valence-corrected chi connectivity index (χ1v) is 15.3. The van der Waals surface area contributed by atoms with Crippen LogP contribution in [-0.4, -0.2) is 50.5 Å². The quantitative estimate of drug-likeness (QED) is 0.318. The number of anilines is 1. The molecule has 3 rings (SSSR count). The largest absolute Gasteiger partial charge is 0.355 e. The molecule has 3 aromatic carbocycles. The molecule has 0 saturated carbocycles. The molecule has 3 aromatic rings. The Morgan fingerprint density at radius 2 is 1.59 bits per heavy atom. The van der Waals surface area contributed by atoms with E-state index in [4.69, 9.17) is 23.2 Å². The highest BCUT2D eigenvalue weighted by Crippen LogP contribution is 2.26. The molecule has 0 radical (unpaired) electrons. The lowest BCUT2D eigenvalue weighted by molar-refractivity contribution is -0.140. The Balaban J connectivity index is 2.09. The molecule has 0 saturated heterocycles. The van der Waals surface area contributed by atoms with Crippen LogP contribution in [0.2, 0.25) is 10.0 Å². The van der Waals surface area contributed by atoms with Gasteiger partial charge < -0.3 is 10.2 Å². The number of carbonyl (C=O) groups is 2. The summed E-state index contributed by atoms with van der Waals surface area (Å²) < 4.78 is 27.0. The number of hydrogen-bond donors (Lipinski definition) is 1. The van der Waals surface area contributed by atoms with Gasteiger partial charge in [-0.3, -0.25) is 13.9 Å². The average Bonchev–Trinajstić information content (AvgIpc) is 2.90. The zero-order valence-electron chi connectivity index (χ0n) is 22.2. The van der Waals surface area contributed by atoms with Gasteiger partial charge in [-0.2, -0.15) is 0 Å². The topological polar surface area (TPSA) is 86.8 Å². The number of carbonyl (C=O) groups excluding carboxylic acids is 2. The Kier molecular flexibility index (Phi) is 10.8. The van der Waals surface area contributed by atoms with Crippen molar-refractivity contribution < 1.29 is 18.0 Å². The van der Waals surface area contributed by atoms with Crippen LogP contribution in [0.3, 0.4) is 0 Å². The third-order valence-corrected chi connectivity index (χ3v) is 8.01. The van der Waals surface area contributed by atoms with Gasteiger partial charge in [0.1, 0.15) is 12.6 Å². The van der Waals surface area contributed by atoms with Crippen LogP contribution in [-0.2, 0) is 39.0 Å². The fourth-order valence-electron chi connectivity index (χ4n) is 4.33. The minimum absolute atomic E-state index is 0.0174. The molecular weight excluding hydrogens is 557 g/mol. The summed E-state index contributed by atoms with van der Waals surface area (Å²) in [6.07, 6.45) is 1.88. The number of halogens is 2. The van der Waals surface area contributed by atoms with Crippen molar-refractivity contribution in [2.24, 2.45) is 0 Å². The lowest BCUT2D eigenvalue weighted by Crippen LogP contribution is -2.53. The molecular formula is C29H33Cl2N3O4S. The molecule has 1 atom stereocenters. The normalized spacial score (nSPS) is 12.0. The minimum atomic E-state index is -3.84. The summed E-state index contributed by atoms with van der Waals surface area (Å²) in [5.41, 5.74) is 2.65. The highest BCUT2D eigenvalue weighted by Gasteiger charge is 2.33. The SMILES string of the molecule is CCNC(=O)[C@H](Cc1ccccc1)N(Cc1ccc(Cl)cc1Cl)C(=O)CN(c1ccccc1CC)S(C)(=O)=O. The van der Waals surface area contributed by atoms with Crippen molar-refractivity contribution in [2.75, 3.05) is 23.7 Å². The lowest BCUT2D eigenvalue weighted by atomic mass is 10.0. The average molecular weight is 591 g/mol. The Bertz CT molecular complexity index is 1400. The van der Waals surface area contributed by atoms with E-state index < -0.39 is 28.5 Å². The monoisotopic (exact) mass is 589 g/mol. The van der Waals surface area contributed by atoms with E-state index >= 15 is 0 Å². The van der Waals surface area contributed by atoms with Crippen LogP contribution in [0.4, 0.5) is 5.69 Å². The van der Waals surface area contributed by atoms with Crippen molar-refractivity contribution in [3.8, 4) is 0 Å². The number of rotatable bonds is 12. The zero-order valence-corrected chi connectivity index (χ0v) is 24.6. The molecule has 39 heavy (non-hydrogen) atoms. The predicted octanol–water partition coefficient (Wildman–Crippen LogP) is 5.10. The van der Waals surface area contributed by atoms with Gasteiger partial charge in [0.15, 0.2) is 0 Å². The van der Waals surface area contributed by atoms with E-state index in [1.54, 1.807) is 37.3 Å². The van der Waals surface area contributed by atoms with E-state index in [-0.39, 0.29) is 18.9 Å². The minimum Gasteiger partial charge on any atom is -0.355 e. The standard InChI is InChI=1S/C29H33Cl2N3O4S/c1-4-22-13-9-10-14-26(22)34(39(3,37)38)20-28(35)33(19-23-15-16-24(30)18-25(23)31)27(29(36)32-5-2)17-21-11-7-6-8-12-21/h6-16,18,27H,4-5,17,19-20H2,1-3H3,(H,32,36)/t27-/m0/s1. The maximum atomic E-state index is 14.1. The van der Waals surface area contributed by atoms with Gasteiger partial charge in [0, 0.05) is 29.6 Å². The first-order valence-electron chi connectivity index (χ1n) is 12.7. The smallest absolute Gasteiger partial charge is 0.244 e. The molecule has 7 nitrogen and oxygen atoms in total. The number of benzene rings is 3. The van der Waals surface area contributed by atoms with Gasteiger partial charge in [0.05, 0.1) is 11.9 Å². The summed E-state index contributed by atoms with van der Waals surface area (Å²) in [6, 6.07) is 20.4. The van der Waals surface area contributed by atoms with Gasteiger partial charge in [0.25, 0.3) is 0 Å². The summed E-state index contributed by atoms with van der Waals surface area (Å²) in [4.78, 5) is 28.9. The molecule has 208 valence electrons. The van der Waals surface area contributed by atoms with Gasteiger partial charge in [-0.15, -0.1) is 0 Å². The van der Waals surface area contributed by atoms with Crippen LogP contribution in [0.5, 0.6) is 0 Å². The second-order valence-corrected chi connectivity index (χ2v) is 11.9. The van der Waals surface area contributed by atoms with E-state index in [1.165, 1.54) is 4.90 Å². The summed E-state index contributed by atoms with van der Waals surface area (Å²) in [5.74, 6) is -0.885. The van der Waals surface area contributed by atoms with Crippen LogP contribution in [0.1, 0.15) is 30.5 Å². The molecule has 0 heterocycles. The van der Waals surface area contributed by atoms with Gasteiger partial charge in [0.2, 0.25) is 21.8 Å². The third kappa shape index (κ3) is 8.21. The molecule has 0 spiro atoms. The van der Waals surface area contributed by atoms with Crippen molar-refractivity contribution in [2.45, 2.75) is 39.3 Å². The first kappa shape index (κ1) is 30.5. The van der Waals surface area contributed by atoms with Gasteiger partial charge in [-0.05, 0) is 48.2 Å². The molecule has 0 fully saturated rings. The molecule has 0 aromatic heterocycles. The van der Waals surface area contributed by atoms with E-state index in [0.29, 0.717) is 34.3 Å². The zero-order chi connectivity index (χ0) is 28.6. The molecule has 0 aliphatic carbocycles. The van der Waals surface area contributed by atoms with Crippen LogP contribution < -0.4 is 9.62 Å². The summed E-state index contributed by atoms with van der Waals surface area (Å²) in [5, 5.41) is 3.60. The van der Waals surface area contributed by atoms with Crippen LogP contribution >= 0.6 is 23.2 Å². The molecule has 0 aliphatic rings. The first-order chi connectivity index (χ1) is 18.5.